The molecule has 4 aliphatic rings. The van der Waals surface area contributed by atoms with Crippen molar-refractivity contribution in [1.82, 2.24) is 19.9 Å². The summed E-state index contributed by atoms with van der Waals surface area (Å²) < 4.78 is 61.1. The molecular weight excluding hydrogens is 720 g/mol. The summed E-state index contributed by atoms with van der Waals surface area (Å²) in [7, 11) is -2.30. The van der Waals surface area contributed by atoms with Gasteiger partial charge in [0.2, 0.25) is 5.88 Å². The quantitative estimate of drug-likeness (QED) is 0.147. The third-order valence-electron chi connectivity index (χ3n) is 13.1. The first-order chi connectivity index (χ1) is 26.3. The van der Waals surface area contributed by atoms with E-state index >= 15 is 8.78 Å². The minimum absolute atomic E-state index is 0.00801. The van der Waals surface area contributed by atoms with Crippen LogP contribution in [0.5, 0.6) is 17.6 Å². The van der Waals surface area contributed by atoms with Gasteiger partial charge in [0.15, 0.2) is 5.82 Å². The number of benzene rings is 2. The van der Waals surface area contributed by atoms with E-state index in [0.29, 0.717) is 58.2 Å². The van der Waals surface area contributed by atoms with Gasteiger partial charge in [-0.3, -0.25) is 4.90 Å². The number of nitrogens with zero attached hydrogens (tertiary/aromatic N) is 5. The molecule has 1 N–H and O–H groups in total. The third kappa shape index (κ3) is 6.39. The second-order valence-electron chi connectivity index (χ2n) is 17.1. The predicted octanol–water partition coefficient (Wildman–Crippen LogP) is 9.49. The number of hydrogen-bond acceptors (Lipinski definition) is 8. The smallest absolute Gasteiger partial charge is 0.319 e. The van der Waals surface area contributed by atoms with Crippen LogP contribution in [0.4, 0.5) is 19.0 Å². The first-order valence-electron chi connectivity index (χ1n) is 20.1. The van der Waals surface area contributed by atoms with Gasteiger partial charge in [-0.15, -0.1) is 5.54 Å². The topological polar surface area (TPSA) is 83.8 Å². The maximum absolute atomic E-state index is 17.6. The summed E-state index contributed by atoms with van der Waals surface area (Å²) in [6, 6.07) is 6.02. The number of phenolic OH excluding ortho intramolecular Hbond substituents is 1. The average Bonchev–Trinajstić information content (AvgIpc) is 3.66. The number of phenols is 1. The van der Waals surface area contributed by atoms with Crippen molar-refractivity contribution in [3.63, 3.8) is 0 Å². The van der Waals surface area contributed by atoms with Crippen LogP contribution in [0.1, 0.15) is 92.1 Å². The molecule has 3 fully saturated rings. The van der Waals surface area contributed by atoms with Crippen LogP contribution in [0, 0.1) is 23.1 Å². The molecule has 4 aliphatic heterocycles. The largest absolute Gasteiger partial charge is 0.508 e. The Morgan fingerprint density at radius 2 is 1.76 bits per heavy atom. The molecule has 8 nitrogen and oxygen atoms in total. The molecule has 0 bridgehead atoms. The van der Waals surface area contributed by atoms with Crippen molar-refractivity contribution in [2.75, 3.05) is 37.7 Å². The zero-order valence-electron chi connectivity index (χ0n) is 32.8. The highest BCUT2D eigenvalue weighted by molar-refractivity contribution is 6.90. The van der Waals surface area contributed by atoms with E-state index in [1.165, 1.54) is 18.2 Å². The molecule has 55 heavy (non-hydrogen) atoms. The Morgan fingerprint density at radius 3 is 2.53 bits per heavy atom. The van der Waals surface area contributed by atoms with Crippen LogP contribution >= 0.6 is 0 Å². The number of halogens is 3. The molecule has 0 spiro atoms. The molecule has 0 aliphatic carbocycles. The lowest BCUT2D eigenvalue weighted by molar-refractivity contribution is 0.107. The monoisotopic (exact) mass is 771 g/mol. The third-order valence-corrected chi connectivity index (χ3v) is 19.4. The van der Waals surface area contributed by atoms with Crippen molar-refractivity contribution in [2.45, 2.75) is 121 Å². The molecular formula is C43H52F3N5O3Si. The van der Waals surface area contributed by atoms with Crippen LogP contribution in [0.3, 0.4) is 0 Å². The van der Waals surface area contributed by atoms with Gasteiger partial charge >= 0.3 is 6.01 Å². The van der Waals surface area contributed by atoms with Gasteiger partial charge in [-0.1, -0.05) is 53.5 Å². The molecule has 12 heteroatoms. The van der Waals surface area contributed by atoms with E-state index in [1.807, 2.05) is 0 Å². The summed E-state index contributed by atoms with van der Waals surface area (Å²) in [5, 5.41) is 12.2. The van der Waals surface area contributed by atoms with E-state index in [0.717, 1.165) is 51.6 Å². The normalized spacial score (nSPS) is 22.8. The average molecular weight is 772 g/mol. The number of fused-ring (bicyclic) bond motifs is 4. The highest BCUT2D eigenvalue weighted by atomic mass is 28.3. The van der Waals surface area contributed by atoms with Gasteiger partial charge in [0, 0.05) is 42.9 Å². The molecule has 3 saturated heterocycles. The lowest BCUT2D eigenvalue weighted by Crippen LogP contribution is -2.44. The SMILES string of the molecule is CC(C)[Si](C#Cc1c(F)ccc2cc(O)cc(-c3nc4c5c(nc(OC[C@@]67CCCN6C[C@H](F)C7)nc5c3F)N3CCCCC3CCO4)c12)(C(C)C)C(C)C. The lowest BCUT2D eigenvalue weighted by Gasteiger charge is -2.38. The first kappa shape index (κ1) is 37.8. The summed E-state index contributed by atoms with van der Waals surface area (Å²) in [6.07, 6.45) is 4.92. The highest BCUT2D eigenvalue weighted by Crippen LogP contribution is 2.46. The van der Waals surface area contributed by atoms with Crippen LogP contribution in [0.25, 0.3) is 32.9 Å². The van der Waals surface area contributed by atoms with Crippen LogP contribution < -0.4 is 14.4 Å². The van der Waals surface area contributed by atoms with Crippen molar-refractivity contribution in [3.8, 4) is 40.4 Å². The van der Waals surface area contributed by atoms with Crippen LogP contribution in [0.15, 0.2) is 24.3 Å². The molecule has 0 radical (unpaired) electrons. The summed E-state index contributed by atoms with van der Waals surface area (Å²) in [4.78, 5) is 18.8. The molecule has 8 rings (SSSR count). The summed E-state index contributed by atoms with van der Waals surface area (Å²) in [6.45, 7) is 15.7. The molecule has 2 aromatic carbocycles. The Bertz CT molecular complexity index is 2180. The maximum Gasteiger partial charge on any atom is 0.319 e. The van der Waals surface area contributed by atoms with E-state index < -0.39 is 31.4 Å². The minimum Gasteiger partial charge on any atom is -0.508 e. The Labute approximate surface area is 322 Å². The number of alkyl halides is 1. The second-order valence-corrected chi connectivity index (χ2v) is 22.7. The molecule has 292 valence electrons. The number of pyridine rings is 1. The zero-order chi connectivity index (χ0) is 38.8. The molecule has 6 heterocycles. The van der Waals surface area contributed by atoms with Crippen molar-refractivity contribution in [2.24, 2.45) is 0 Å². The number of rotatable bonds is 7. The summed E-state index contributed by atoms with van der Waals surface area (Å²) in [5.74, 6) is 2.54. The first-order valence-corrected chi connectivity index (χ1v) is 22.4. The lowest BCUT2D eigenvalue weighted by atomic mass is 9.95. The van der Waals surface area contributed by atoms with Gasteiger partial charge in [-0.25, -0.2) is 18.2 Å². The Hall–Kier alpha value is -4.08. The van der Waals surface area contributed by atoms with E-state index in [4.69, 9.17) is 24.4 Å². The van der Waals surface area contributed by atoms with Gasteiger partial charge in [-0.2, -0.15) is 9.97 Å². The molecule has 4 aromatic rings. The van der Waals surface area contributed by atoms with Crippen LogP contribution in [-0.2, 0) is 0 Å². The Balaban J connectivity index is 1.34. The van der Waals surface area contributed by atoms with E-state index in [9.17, 15) is 9.50 Å². The molecule has 0 amide bonds. The molecule has 2 aromatic heterocycles. The minimum atomic E-state index is -2.30. The summed E-state index contributed by atoms with van der Waals surface area (Å²) >= 11 is 0. The highest BCUT2D eigenvalue weighted by Gasteiger charge is 2.49. The van der Waals surface area contributed by atoms with Crippen molar-refractivity contribution < 1.29 is 27.8 Å². The van der Waals surface area contributed by atoms with Crippen molar-refractivity contribution in [3.05, 3.63) is 41.5 Å². The second kappa shape index (κ2) is 14.5. The predicted molar refractivity (Wildman–Crippen MR) is 213 cm³/mol. The van der Waals surface area contributed by atoms with E-state index in [-0.39, 0.29) is 52.6 Å². The Morgan fingerprint density at radius 1 is 0.982 bits per heavy atom. The van der Waals surface area contributed by atoms with Gasteiger partial charge in [0.05, 0.1) is 17.7 Å². The van der Waals surface area contributed by atoms with Crippen molar-refractivity contribution >= 4 is 35.6 Å². The van der Waals surface area contributed by atoms with Crippen LogP contribution in [0.2, 0.25) is 16.6 Å². The van der Waals surface area contributed by atoms with Crippen LogP contribution in [-0.4, -0.2) is 83.6 Å². The van der Waals surface area contributed by atoms with Gasteiger partial charge in [-0.05, 0) is 78.9 Å². The van der Waals surface area contributed by atoms with Gasteiger partial charge in [0.25, 0.3) is 0 Å². The Kier molecular flexibility index (Phi) is 9.94. The van der Waals surface area contributed by atoms with E-state index in [2.05, 4.69) is 62.8 Å². The number of piperidine rings is 1. The number of aromatic hydroxyl groups is 1. The number of anilines is 1. The van der Waals surface area contributed by atoms with Crippen molar-refractivity contribution in [1.29, 1.82) is 0 Å². The molecule has 1 unspecified atom stereocenters. The summed E-state index contributed by atoms with van der Waals surface area (Å²) in [5.41, 5.74) is 4.28. The fourth-order valence-corrected chi connectivity index (χ4v) is 15.7. The fraction of sp³-hybridized carbons (Fsp3) is 0.558. The number of ether oxygens (including phenoxy) is 2. The zero-order valence-corrected chi connectivity index (χ0v) is 33.8. The molecule has 0 saturated carbocycles. The van der Waals surface area contributed by atoms with E-state index in [1.54, 1.807) is 6.07 Å². The number of hydrogen-bond donors (Lipinski definition) is 1. The van der Waals surface area contributed by atoms with Gasteiger partial charge in [0.1, 0.15) is 54.8 Å². The maximum atomic E-state index is 17.6. The van der Waals surface area contributed by atoms with Gasteiger partial charge < -0.3 is 19.5 Å². The number of aromatic nitrogens is 3. The standard InChI is InChI=1S/C43H52F3N5O3Si/c1-25(2)55(26(3)4,27(5)6)19-14-32-34(45)12-11-28-20-31(52)21-33(35(28)32)38-37(46)39-36-40(51-17-8-7-10-30(51)13-18-53-41(36)47-38)49-42(48-39)54-24-43-15-9-16-50(43)23-29(44)22-43/h11-12,20-21,25-27,29-30,52H,7-10,13,15-18,22-24H2,1-6H3/t29-,30?,43+/m1/s1. The fourth-order valence-electron chi connectivity index (χ4n) is 10.5. The molecule has 3 atom stereocenters.